The van der Waals surface area contributed by atoms with Crippen LogP contribution in [0.1, 0.15) is 12.8 Å². The second-order valence-corrected chi connectivity index (χ2v) is 5.04. The molecule has 1 rings (SSSR count). The number of hydrogen-bond donors (Lipinski definition) is 3. The smallest absolute Gasteiger partial charge is 0.306 e. The zero-order valence-corrected chi connectivity index (χ0v) is 12.3. The second kappa shape index (κ2) is 9.02. The van der Waals surface area contributed by atoms with E-state index in [1.54, 1.807) is 4.90 Å². The quantitative estimate of drug-likeness (QED) is 0.407. The largest absolute Gasteiger partial charge is 0.481 e. The molecular weight excluding hydrogens is 290 g/mol. The number of rotatable bonds is 7. The summed E-state index contributed by atoms with van der Waals surface area (Å²) in [5.74, 6) is -1.76. The van der Waals surface area contributed by atoms with Crippen LogP contribution in [0.2, 0.25) is 0 Å². The first-order chi connectivity index (χ1) is 10.5. The van der Waals surface area contributed by atoms with E-state index in [1.807, 2.05) is 6.07 Å². The lowest BCUT2D eigenvalue weighted by Crippen LogP contribution is -2.38. The summed E-state index contributed by atoms with van der Waals surface area (Å²) in [4.78, 5) is 26.0. The van der Waals surface area contributed by atoms with Gasteiger partial charge in [0, 0.05) is 32.4 Å². The fraction of sp³-hybridized carbons (Fsp3) is 0.643. The van der Waals surface area contributed by atoms with Crippen LogP contribution in [0.3, 0.4) is 0 Å². The molecule has 1 aliphatic heterocycles. The first-order valence-electron chi connectivity index (χ1n) is 7.13. The summed E-state index contributed by atoms with van der Waals surface area (Å²) in [7, 11) is 0. The molecule has 0 aliphatic carbocycles. The number of aliphatic carboxylic acids is 1. The molecule has 0 saturated carbocycles. The molecule has 3 N–H and O–H groups in total. The Kier molecular flexibility index (Phi) is 7.36. The van der Waals surface area contributed by atoms with E-state index in [0.717, 1.165) is 0 Å². The zero-order chi connectivity index (χ0) is 16.5. The molecule has 0 unspecified atom stereocenters. The molecule has 1 fully saturated rings. The minimum Gasteiger partial charge on any atom is -0.481 e. The minimum atomic E-state index is -0.822. The van der Waals surface area contributed by atoms with Gasteiger partial charge in [0.15, 0.2) is 0 Å². The summed E-state index contributed by atoms with van der Waals surface area (Å²) in [6.45, 7) is 0.507. The van der Waals surface area contributed by atoms with E-state index >= 15 is 0 Å². The van der Waals surface area contributed by atoms with E-state index in [2.05, 4.69) is 0 Å². The highest BCUT2D eigenvalue weighted by Crippen LogP contribution is 2.18. The fourth-order valence-electron chi connectivity index (χ4n) is 2.32. The van der Waals surface area contributed by atoms with Crippen molar-refractivity contribution in [3.63, 3.8) is 0 Å². The SMILES string of the molecule is N#C/C(=C/N1CCC(C(=O)O)CC1)C(=O)N(CCO)CCO. The highest BCUT2D eigenvalue weighted by molar-refractivity contribution is 5.97. The lowest BCUT2D eigenvalue weighted by Gasteiger charge is -2.29. The molecule has 0 aromatic rings. The van der Waals surface area contributed by atoms with Crippen molar-refractivity contribution in [1.82, 2.24) is 9.80 Å². The molecule has 0 aromatic heterocycles. The first kappa shape index (κ1) is 17.9. The number of nitrogens with zero attached hydrogens (tertiary/aromatic N) is 3. The Morgan fingerprint density at radius 3 is 2.18 bits per heavy atom. The van der Waals surface area contributed by atoms with Crippen molar-refractivity contribution < 1.29 is 24.9 Å². The van der Waals surface area contributed by atoms with Crippen LogP contribution in [-0.2, 0) is 9.59 Å². The van der Waals surface area contributed by atoms with Gasteiger partial charge in [-0.25, -0.2) is 0 Å². The van der Waals surface area contributed by atoms with Crippen molar-refractivity contribution in [3.8, 4) is 6.07 Å². The number of likely N-dealkylation sites (tertiary alicyclic amines) is 1. The normalized spacial score (nSPS) is 16.2. The standard InChI is InChI=1S/C14H21N3O5/c15-9-12(13(20)17(5-7-18)6-8-19)10-16-3-1-11(2-4-16)14(21)22/h10-11,18-19H,1-8H2,(H,21,22)/b12-10-. The third-order valence-corrected chi connectivity index (χ3v) is 3.57. The van der Waals surface area contributed by atoms with Crippen LogP contribution in [0.4, 0.5) is 0 Å². The van der Waals surface area contributed by atoms with Gasteiger partial charge in [0.2, 0.25) is 0 Å². The van der Waals surface area contributed by atoms with Crippen LogP contribution in [0, 0.1) is 17.2 Å². The van der Waals surface area contributed by atoms with Crippen molar-refractivity contribution in [2.75, 3.05) is 39.4 Å². The van der Waals surface area contributed by atoms with Gasteiger partial charge in [-0.15, -0.1) is 0 Å². The van der Waals surface area contributed by atoms with E-state index < -0.39 is 11.9 Å². The molecule has 0 radical (unpaired) electrons. The molecule has 0 spiro atoms. The van der Waals surface area contributed by atoms with E-state index in [9.17, 15) is 9.59 Å². The first-order valence-corrected chi connectivity index (χ1v) is 7.13. The van der Waals surface area contributed by atoms with Crippen LogP contribution in [-0.4, -0.2) is 76.4 Å². The van der Waals surface area contributed by atoms with Gasteiger partial charge in [0.25, 0.3) is 5.91 Å². The lowest BCUT2D eigenvalue weighted by molar-refractivity contribution is -0.143. The van der Waals surface area contributed by atoms with Crippen molar-refractivity contribution >= 4 is 11.9 Å². The number of nitriles is 1. The number of hydrogen-bond acceptors (Lipinski definition) is 6. The number of carbonyl (C=O) groups is 2. The number of aliphatic hydroxyl groups is 2. The van der Waals surface area contributed by atoms with Crippen molar-refractivity contribution in [3.05, 3.63) is 11.8 Å². The number of amides is 1. The molecule has 8 heteroatoms. The predicted octanol–water partition coefficient (Wildman–Crippen LogP) is -0.996. The summed E-state index contributed by atoms with van der Waals surface area (Å²) in [6.07, 6.45) is 2.37. The molecule has 1 saturated heterocycles. The van der Waals surface area contributed by atoms with Crippen LogP contribution >= 0.6 is 0 Å². The maximum absolute atomic E-state index is 12.2. The Morgan fingerprint density at radius 1 is 1.23 bits per heavy atom. The summed E-state index contributed by atoms with van der Waals surface area (Å²) < 4.78 is 0. The Labute approximate surface area is 128 Å². The fourth-order valence-corrected chi connectivity index (χ4v) is 2.32. The molecule has 22 heavy (non-hydrogen) atoms. The third kappa shape index (κ3) is 5.02. The van der Waals surface area contributed by atoms with Crippen molar-refractivity contribution in [2.45, 2.75) is 12.8 Å². The van der Waals surface area contributed by atoms with Gasteiger partial charge in [-0.1, -0.05) is 0 Å². The molecule has 0 aromatic carbocycles. The minimum absolute atomic E-state index is 0.0412. The predicted molar refractivity (Wildman–Crippen MR) is 76.4 cm³/mol. The van der Waals surface area contributed by atoms with Gasteiger partial charge in [0.1, 0.15) is 11.6 Å². The Morgan fingerprint density at radius 2 is 1.77 bits per heavy atom. The summed E-state index contributed by atoms with van der Waals surface area (Å²) in [5.41, 5.74) is -0.0873. The maximum Gasteiger partial charge on any atom is 0.306 e. The Bertz CT molecular complexity index is 458. The Balaban J connectivity index is 2.72. The Hall–Kier alpha value is -2.11. The summed E-state index contributed by atoms with van der Waals surface area (Å²) in [6, 6.07) is 1.83. The van der Waals surface area contributed by atoms with Crippen LogP contribution in [0.15, 0.2) is 11.8 Å². The topological polar surface area (TPSA) is 125 Å². The van der Waals surface area contributed by atoms with Crippen molar-refractivity contribution in [1.29, 1.82) is 5.26 Å². The van der Waals surface area contributed by atoms with Gasteiger partial charge in [-0.05, 0) is 12.8 Å². The van der Waals surface area contributed by atoms with Gasteiger partial charge >= 0.3 is 5.97 Å². The highest BCUT2D eigenvalue weighted by atomic mass is 16.4. The molecule has 0 atom stereocenters. The van der Waals surface area contributed by atoms with E-state index in [4.69, 9.17) is 20.6 Å². The molecule has 122 valence electrons. The van der Waals surface area contributed by atoms with Gasteiger partial charge in [-0.2, -0.15) is 5.26 Å². The van der Waals surface area contributed by atoms with E-state index in [1.165, 1.54) is 11.1 Å². The molecule has 8 nitrogen and oxygen atoms in total. The number of aliphatic hydroxyl groups excluding tert-OH is 2. The molecule has 0 bridgehead atoms. The average Bonchev–Trinajstić information content (AvgIpc) is 2.52. The lowest BCUT2D eigenvalue weighted by atomic mass is 9.97. The molecular formula is C14H21N3O5. The van der Waals surface area contributed by atoms with Gasteiger partial charge in [-0.3, -0.25) is 9.59 Å². The summed E-state index contributed by atoms with van der Waals surface area (Å²) in [5, 5.41) is 35.9. The highest BCUT2D eigenvalue weighted by Gasteiger charge is 2.25. The van der Waals surface area contributed by atoms with Gasteiger partial charge < -0.3 is 25.1 Å². The number of carbonyl (C=O) groups excluding carboxylic acids is 1. The monoisotopic (exact) mass is 311 g/mol. The van der Waals surface area contributed by atoms with E-state index in [-0.39, 0.29) is 37.8 Å². The molecule has 1 amide bonds. The summed E-state index contributed by atoms with van der Waals surface area (Å²) >= 11 is 0. The third-order valence-electron chi connectivity index (χ3n) is 3.57. The van der Waals surface area contributed by atoms with Gasteiger partial charge in [0.05, 0.1) is 19.1 Å². The van der Waals surface area contributed by atoms with Crippen LogP contribution in [0.25, 0.3) is 0 Å². The zero-order valence-electron chi connectivity index (χ0n) is 12.3. The average molecular weight is 311 g/mol. The number of carboxylic acid groups (broad SMARTS) is 1. The van der Waals surface area contributed by atoms with Crippen LogP contribution < -0.4 is 0 Å². The second-order valence-electron chi connectivity index (χ2n) is 5.04. The number of piperidine rings is 1. The molecule has 1 heterocycles. The maximum atomic E-state index is 12.2. The molecule has 1 aliphatic rings. The van der Waals surface area contributed by atoms with E-state index in [0.29, 0.717) is 25.9 Å². The van der Waals surface area contributed by atoms with Crippen LogP contribution in [0.5, 0.6) is 0 Å². The number of carboxylic acids is 1. The van der Waals surface area contributed by atoms with Crippen molar-refractivity contribution in [2.24, 2.45) is 5.92 Å².